The van der Waals surface area contributed by atoms with Crippen molar-refractivity contribution in [3.8, 4) is 11.5 Å². The Hall–Kier alpha value is -4.66. The first kappa shape index (κ1) is 21.8. The molecule has 180 valence electrons. The Balaban J connectivity index is 1.50. The summed E-state index contributed by atoms with van der Waals surface area (Å²) >= 11 is 0. The van der Waals surface area contributed by atoms with Gasteiger partial charge in [-0.25, -0.2) is 9.18 Å². The van der Waals surface area contributed by atoms with Crippen LogP contribution in [0.1, 0.15) is 43.6 Å². The maximum Gasteiger partial charge on any atom is 0.337 e. The number of esters is 1. The molecule has 2 aliphatic heterocycles. The Morgan fingerprint density at radius 1 is 1.03 bits per heavy atom. The van der Waals surface area contributed by atoms with Gasteiger partial charge in [-0.3, -0.25) is 9.59 Å². The molecule has 0 fully saturated rings. The zero-order valence-electron chi connectivity index (χ0n) is 18.9. The van der Waals surface area contributed by atoms with E-state index in [1.165, 1.54) is 24.1 Å². The van der Waals surface area contributed by atoms with Gasteiger partial charge in [-0.05, 0) is 53.6 Å². The van der Waals surface area contributed by atoms with E-state index < -0.39 is 29.2 Å². The Labute approximate surface area is 203 Å². The lowest BCUT2D eigenvalue weighted by atomic mass is 9.97. The third kappa shape index (κ3) is 3.39. The first-order valence-corrected chi connectivity index (χ1v) is 11.1. The fourth-order valence-electron chi connectivity index (χ4n) is 4.66. The van der Waals surface area contributed by atoms with Crippen molar-refractivity contribution >= 4 is 22.8 Å². The van der Waals surface area contributed by atoms with Crippen LogP contribution in [0.25, 0.3) is 11.0 Å². The molecule has 1 aromatic heterocycles. The average Bonchev–Trinajstić information content (AvgIpc) is 3.47. The number of hydrogen-bond donors (Lipinski definition) is 0. The van der Waals surface area contributed by atoms with Gasteiger partial charge in [0.25, 0.3) is 5.91 Å². The van der Waals surface area contributed by atoms with Crippen molar-refractivity contribution in [3.05, 3.63) is 105 Å². The first-order chi connectivity index (χ1) is 17.4. The summed E-state index contributed by atoms with van der Waals surface area (Å²) in [5.74, 6) is -0.506. The normalized spacial score (nSPS) is 15.9. The zero-order chi connectivity index (χ0) is 25.0. The smallest absolute Gasteiger partial charge is 0.337 e. The van der Waals surface area contributed by atoms with E-state index in [1.54, 1.807) is 36.4 Å². The largest absolute Gasteiger partial charge is 0.465 e. The molecular formula is C27H18FNO7. The van der Waals surface area contributed by atoms with Crippen LogP contribution in [0.2, 0.25) is 0 Å². The van der Waals surface area contributed by atoms with Crippen LogP contribution >= 0.6 is 0 Å². The molecule has 0 saturated heterocycles. The van der Waals surface area contributed by atoms with Gasteiger partial charge < -0.3 is 23.5 Å². The molecule has 0 radical (unpaired) electrons. The van der Waals surface area contributed by atoms with Gasteiger partial charge in [0.15, 0.2) is 16.9 Å². The molecule has 6 rings (SSSR count). The molecular weight excluding hydrogens is 469 g/mol. The number of nitrogens with zero attached hydrogens (tertiary/aromatic N) is 1. The summed E-state index contributed by atoms with van der Waals surface area (Å²) in [5, 5.41) is 0.0441. The standard InChI is InChI=1S/C27H18FNO7/c1-33-27(32)16-5-3-15(4-6-16)23-22-24(30)18-11-17(28)7-9-19(18)36-25(22)26(31)29(23)12-14-2-8-20-21(10-14)35-13-34-20/h2-11,23H,12-13H2,1H3/t23-/m0/s1. The number of amides is 1. The minimum atomic E-state index is -0.825. The predicted molar refractivity (Wildman–Crippen MR) is 125 cm³/mol. The summed E-state index contributed by atoms with van der Waals surface area (Å²) < 4.78 is 35.4. The summed E-state index contributed by atoms with van der Waals surface area (Å²) in [4.78, 5) is 40.6. The number of rotatable bonds is 4. The second-order valence-electron chi connectivity index (χ2n) is 8.45. The van der Waals surface area contributed by atoms with Crippen molar-refractivity contribution in [2.24, 2.45) is 0 Å². The molecule has 9 heteroatoms. The van der Waals surface area contributed by atoms with Crippen molar-refractivity contribution in [1.29, 1.82) is 0 Å². The Bertz CT molecular complexity index is 1610. The topological polar surface area (TPSA) is 95.3 Å². The molecule has 0 saturated carbocycles. The van der Waals surface area contributed by atoms with Crippen LogP contribution in [-0.2, 0) is 11.3 Å². The molecule has 8 nitrogen and oxygen atoms in total. The molecule has 36 heavy (non-hydrogen) atoms. The number of benzene rings is 3. The molecule has 0 aliphatic carbocycles. The number of methoxy groups -OCH3 is 1. The zero-order valence-corrected chi connectivity index (χ0v) is 18.9. The fraction of sp³-hybridized carbons (Fsp3) is 0.148. The highest BCUT2D eigenvalue weighted by Gasteiger charge is 2.43. The van der Waals surface area contributed by atoms with E-state index in [4.69, 9.17) is 18.6 Å². The summed E-state index contributed by atoms with van der Waals surface area (Å²) in [7, 11) is 1.28. The van der Waals surface area contributed by atoms with Crippen LogP contribution in [0, 0.1) is 5.82 Å². The minimum Gasteiger partial charge on any atom is -0.465 e. The molecule has 1 amide bonds. The Morgan fingerprint density at radius 3 is 2.58 bits per heavy atom. The summed E-state index contributed by atoms with van der Waals surface area (Å²) in [5.41, 5.74) is 1.40. The van der Waals surface area contributed by atoms with Gasteiger partial charge in [0.1, 0.15) is 11.4 Å². The summed E-state index contributed by atoms with van der Waals surface area (Å²) in [6.07, 6.45) is 0. The van der Waals surface area contributed by atoms with E-state index >= 15 is 0 Å². The first-order valence-electron chi connectivity index (χ1n) is 11.1. The van der Waals surface area contributed by atoms with Crippen molar-refractivity contribution < 1.29 is 32.6 Å². The van der Waals surface area contributed by atoms with Crippen molar-refractivity contribution in [1.82, 2.24) is 4.90 Å². The van der Waals surface area contributed by atoms with Crippen LogP contribution < -0.4 is 14.9 Å². The lowest BCUT2D eigenvalue weighted by Gasteiger charge is -2.25. The molecule has 4 aromatic rings. The molecule has 1 atom stereocenters. The number of carbonyl (C=O) groups is 2. The predicted octanol–water partition coefficient (Wildman–Crippen LogP) is 4.19. The summed E-state index contributed by atoms with van der Waals surface area (Å²) in [6, 6.07) is 14.5. The summed E-state index contributed by atoms with van der Waals surface area (Å²) in [6.45, 7) is 0.247. The fourth-order valence-corrected chi connectivity index (χ4v) is 4.66. The van der Waals surface area contributed by atoms with Gasteiger partial charge in [-0.2, -0.15) is 0 Å². The van der Waals surface area contributed by atoms with Crippen LogP contribution in [0.3, 0.4) is 0 Å². The van der Waals surface area contributed by atoms with Gasteiger partial charge in [-0.15, -0.1) is 0 Å². The van der Waals surface area contributed by atoms with E-state index in [1.807, 2.05) is 6.07 Å². The van der Waals surface area contributed by atoms with Crippen LogP contribution in [0.4, 0.5) is 4.39 Å². The van der Waals surface area contributed by atoms with Crippen molar-refractivity contribution in [3.63, 3.8) is 0 Å². The number of fused-ring (bicyclic) bond motifs is 3. The van der Waals surface area contributed by atoms with Crippen molar-refractivity contribution in [2.45, 2.75) is 12.6 Å². The third-order valence-corrected chi connectivity index (χ3v) is 6.37. The number of carbonyl (C=O) groups excluding carboxylic acids is 2. The van der Waals surface area contributed by atoms with Gasteiger partial charge in [0.2, 0.25) is 12.6 Å². The highest BCUT2D eigenvalue weighted by atomic mass is 19.1. The van der Waals surface area contributed by atoms with Gasteiger partial charge in [0, 0.05) is 6.54 Å². The Kier molecular flexibility index (Phi) is 4.99. The minimum absolute atomic E-state index is 0.0441. The number of ether oxygens (including phenoxy) is 3. The van der Waals surface area contributed by atoms with Crippen molar-refractivity contribution in [2.75, 3.05) is 13.9 Å². The average molecular weight is 487 g/mol. The highest BCUT2D eigenvalue weighted by Crippen LogP contribution is 2.40. The van der Waals surface area contributed by atoms with E-state index in [0.717, 1.165) is 11.6 Å². The quantitative estimate of drug-likeness (QED) is 0.398. The molecule has 0 bridgehead atoms. The van der Waals surface area contributed by atoms with Gasteiger partial charge in [-0.1, -0.05) is 18.2 Å². The maximum absolute atomic E-state index is 14.0. The van der Waals surface area contributed by atoms with E-state index in [2.05, 4.69) is 0 Å². The lowest BCUT2D eigenvalue weighted by molar-refractivity contribution is 0.0599. The second kappa shape index (κ2) is 8.23. The van der Waals surface area contributed by atoms with Crippen LogP contribution in [0.5, 0.6) is 11.5 Å². The lowest BCUT2D eigenvalue weighted by Crippen LogP contribution is -2.29. The van der Waals surface area contributed by atoms with Gasteiger partial charge in [0.05, 0.1) is 29.7 Å². The third-order valence-electron chi connectivity index (χ3n) is 6.37. The number of halogens is 1. The van der Waals surface area contributed by atoms with Crippen LogP contribution in [0.15, 0.2) is 69.9 Å². The second-order valence-corrected chi connectivity index (χ2v) is 8.45. The molecule has 3 aromatic carbocycles. The molecule has 0 spiro atoms. The van der Waals surface area contributed by atoms with E-state index in [-0.39, 0.29) is 35.6 Å². The molecule has 0 N–H and O–H groups in total. The monoisotopic (exact) mass is 487 g/mol. The maximum atomic E-state index is 14.0. The number of hydrogen-bond acceptors (Lipinski definition) is 7. The van der Waals surface area contributed by atoms with Crippen LogP contribution in [-0.4, -0.2) is 30.7 Å². The highest BCUT2D eigenvalue weighted by molar-refractivity contribution is 5.99. The van der Waals surface area contributed by atoms with E-state index in [9.17, 15) is 18.8 Å². The van der Waals surface area contributed by atoms with Gasteiger partial charge >= 0.3 is 5.97 Å². The Morgan fingerprint density at radius 2 is 1.81 bits per heavy atom. The molecule has 3 heterocycles. The molecule has 0 unspecified atom stereocenters. The molecule has 2 aliphatic rings. The SMILES string of the molecule is COC(=O)c1ccc([C@H]2c3c(oc4ccc(F)cc4c3=O)C(=O)N2Cc2ccc3c(c2)OCO3)cc1. The van der Waals surface area contributed by atoms with E-state index in [0.29, 0.717) is 22.6 Å².